The lowest BCUT2D eigenvalue weighted by Gasteiger charge is -2.54. The van der Waals surface area contributed by atoms with Gasteiger partial charge in [-0.2, -0.15) is 0 Å². The number of aliphatic hydroxyl groups excluding tert-OH is 1. The summed E-state index contributed by atoms with van der Waals surface area (Å²) in [4.78, 5) is 18.4. The second kappa shape index (κ2) is 6.30. The lowest BCUT2D eigenvalue weighted by molar-refractivity contribution is -0.171. The molecule has 26 heavy (non-hydrogen) atoms. The van der Waals surface area contributed by atoms with Gasteiger partial charge in [-0.15, -0.1) is 0 Å². The predicted octanol–water partition coefficient (Wildman–Crippen LogP) is 1.69. The highest BCUT2D eigenvalue weighted by atomic mass is 16.5. The molecule has 2 bridgehead atoms. The minimum Gasteiger partial charge on any atom is -0.497 e. The highest BCUT2D eigenvalue weighted by Gasteiger charge is 2.53. The van der Waals surface area contributed by atoms with Crippen LogP contribution in [0, 0.1) is 5.92 Å². The third kappa shape index (κ3) is 2.60. The third-order valence-electron chi connectivity index (χ3n) is 6.15. The van der Waals surface area contributed by atoms with E-state index in [1.54, 1.807) is 13.3 Å². The van der Waals surface area contributed by atoms with Gasteiger partial charge in [0, 0.05) is 24.2 Å². The number of methoxy groups -OCH3 is 1. The van der Waals surface area contributed by atoms with Crippen LogP contribution in [0.4, 0.5) is 0 Å². The summed E-state index contributed by atoms with van der Waals surface area (Å²) in [5, 5.41) is 22.8. The summed E-state index contributed by atoms with van der Waals surface area (Å²) in [5.74, 6) is 0.432. The van der Waals surface area contributed by atoms with Crippen LogP contribution in [-0.2, 0) is 4.79 Å². The summed E-state index contributed by atoms with van der Waals surface area (Å²) in [6.45, 7) is 2.53. The van der Waals surface area contributed by atoms with Crippen LogP contribution in [0.2, 0.25) is 0 Å². The maximum Gasteiger partial charge on any atom is 0.162 e. The average Bonchev–Trinajstić information content (AvgIpc) is 2.66. The van der Waals surface area contributed by atoms with Gasteiger partial charge in [-0.1, -0.05) is 0 Å². The van der Waals surface area contributed by atoms with E-state index in [0.29, 0.717) is 13.0 Å². The number of ether oxygens (including phenoxy) is 1. The summed E-state index contributed by atoms with van der Waals surface area (Å²) in [7, 11) is 1.61. The van der Waals surface area contributed by atoms with Crippen LogP contribution in [0.25, 0.3) is 10.9 Å². The number of rotatable bonds is 4. The first-order chi connectivity index (χ1) is 12.4. The van der Waals surface area contributed by atoms with Gasteiger partial charge in [0.2, 0.25) is 0 Å². The summed E-state index contributed by atoms with van der Waals surface area (Å²) in [6, 6.07) is 7.35. The number of fused-ring (bicyclic) bond motifs is 4. The molecule has 1 aromatic heterocycles. The molecule has 0 aliphatic carbocycles. The van der Waals surface area contributed by atoms with E-state index in [9.17, 15) is 15.0 Å². The monoisotopic (exact) mass is 356 g/mol. The fourth-order valence-corrected chi connectivity index (χ4v) is 4.58. The van der Waals surface area contributed by atoms with Gasteiger partial charge in [0.05, 0.1) is 18.7 Å². The molecule has 3 aliphatic rings. The van der Waals surface area contributed by atoms with Crippen molar-refractivity contribution in [2.45, 2.75) is 37.5 Å². The molecule has 0 spiro atoms. The smallest absolute Gasteiger partial charge is 0.162 e. The van der Waals surface area contributed by atoms with Gasteiger partial charge in [-0.25, -0.2) is 0 Å². The van der Waals surface area contributed by atoms with Crippen LogP contribution >= 0.6 is 0 Å². The number of ketones is 1. The van der Waals surface area contributed by atoms with Crippen molar-refractivity contribution in [1.29, 1.82) is 0 Å². The molecule has 6 nitrogen and oxygen atoms in total. The van der Waals surface area contributed by atoms with Crippen molar-refractivity contribution < 1.29 is 19.7 Å². The van der Waals surface area contributed by atoms with Crippen LogP contribution in [0.15, 0.2) is 30.5 Å². The highest BCUT2D eigenvalue weighted by Crippen LogP contribution is 2.44. The molecule has 138 valence electrons. The molecule has 0 saturated carbocycles. The molecule has 2 aromatic rings. The number of piperidine rings is 3. The Kier molecular flexibility index (Phi) is 4.22. The number of carbonyl (C=O) groups is 1. The van der Waals surface area contributed by atoms with Crippen molar-refractivity contribution in [3.63, 3.8) is 0 Å². The van der Waals surface area contributed by atoms with E-state index < -0.39 is 11.7 Å². The Labute approximate surface area is 152 Å². The maximum atomic E-state index is 11.9. The average molecular weight is 356 g/mol. The second-order valence-corrected chi connectivity index (χ2v) is 7.47. The van der Waals surface area contributed by atoms with Crippen LogP contribution in [-0.4, -0.2) is 57.7 Å². The van der Waals surface area contributed by atoms with Gasteiger partial charge in [0.25, 0.3) is 0 Å². The van der Waals surface area contributed by atoms with E-state index in [1.165, 1.54) is 6.92 Å². The Hall–Kier alpha value is -2.02. The van der Waals surface area contributed by atoms with Crippen molar-refractivity contribution in [3.8, 4) is 5.75 Å². The van der Waals surface area contributed by atoms with Crippen molar-refractivity contribution in [3.05, 3.63) is 36.0 Å². The topological polar surface area (TPSA) is 82.9 Å². The number of hydrogen-bond donors (Lipinski definition) is 2. The van der Waals surface area contributed by atoms with Gasteiger partial charge in [0.15, 0.2) is 5.78 Å². The standard InChI is InChI=1S/C20H24N2O4/c1-12(23)20(25)11-22-8-6-13(20)9-18(22)19(24)15-5-7-21-17-4-3-14(26-2)10-16(15)17/h3-5,7,10,13,18-19,24-25H,6,8-9,11H2,1-2H3/t13-,18-,19-,20-/m0/s1. The largest absolute Gasteiger partial charge is 0.497 e. The zero-order valence-corrected chi connectivity index (χ0v) is 15.1. The number of pyridine rings is 1. The van der Waals surface area contributed by atoms with E-state index in [4.69, 9.17) is 4.74 Å². The first-order valence-corrected chi connectivity index (χ1v) is 9.02. The van der Waals surface area contributed by atoms with Crippen LogP contribution in [0.3, 0.4) is 0 Å². The number of hydrogen-bond acceptors (Lipinski definition) is 6. The minimum absolute atomic E-state index is 0.104. The molecule has 0 amide bonds. The summed E-state index contributed by atoms with van der Waals surface area (Å²) in [5.41, 5.74) is 0.328. The fourth-order valence-electron chi connectivity index (χ4n) is 4.58. The van der Waals surface area contributed by atoms with E-state index in [1.807, 2.05) is 24.3 Å². The minimum atomic E-state index is -1.28. The summed E-state index contributed by atoms with van der Waals surface area (Å²) < 4.78 is 5.32. The number of Topliss-reactive ketones (excluding diaryl/α,β-unsaturated/α-hetero) is 1. The maximum absolute atomic E-state index is 11.9. The Bertz CT molecular complexity index is 855. The quantitative estimate of drug-likeness (QED) is 0.868. The van der Waals surface area contributed by atoms with E-state index in [0.717, 1.165) is 35.2 Å². The lowest BCUT2D eigenvalue weighted by Crippen LogP contribution is -2.66. The fraction of sp³-hybridized carbons (Fsp3) is 0.500. The van der Waals surface area contributed by atoms with Gasteiger partial charge < -0.3 is 14.9 Å². The highest BCUT2D eigenvalue weighted by molar-refractivity contribution is 5.86. The molecule has 3 fully saturated rings. The number of aromatic nitrogens is 1. The molecule has 2 N–H and O–H groups in total. The molecule has 5 rings (SSSR count). The lowest BCUT2D eigenvalue weighted by atomic mass is 9.69. The Morgan fingerprint density at radius 1 is 1.42 bits per heavy atom. The van der Waals surface area contributed by atoms with E-state index in [2.05, 4.69) is 9.88 Å². The van der Waals surface area contributed by atoms with Crippen LogP contribution in [0.5, 0.6) is 5.75 Å². The Morgan fingerprint density at radius 2 is 2.23 bits per heavy atom. The number of carbonyl (C=O) groups excluding carboxylic acids is 1. The van der Waals surface area contributed by atoms with Crippen molar-refractivity contribution >= 4 is 16.7 Å². The van der Waals surface area contributed by atoms with Crippen molar-refractivity contribution in [1.82, 2.24) is 9.88 Å². The van der Waals surface area contributed by atoms with Gasteiger partial charge >= 0.3 is 0 Å². The number of aliphatic hydroxyl groups is 2. The summed E-state index contributed by atoms with van der Waals surface area (Å²) >= 11 is 0. The normalized spacial score (nSPS) is 31.8. The van der Waals surface area contributed by atoms with E-state index >= 15 is 0 Å². The molecule has 6 heteroatoms. The SMILES string of the molecule is COc1ccc2nccc([C@H](O)[C@@H]3C[C@@H]4CCN3C[C@]4(O)C(C)=O)c2c1. The van der Waals surface area contributed by atoms with Crippen LogP contribution < -0.4 is 4.74 Å². The first-order valence-electron chi connectivity index (χ1n) is 9.02. The number of nitrogens with zero attached hydrogens (tertiary/aromatic N) is 2. The first kappa shape index (κ1) is 17.4. The zero-order chi connectivity index (χ0) is 18.5. The molecular weight excluding hydrogens is 332 g/mol. The molecule has 4 heterocycles. The van der Waals surface area contributed by atoms with E-state index in [-0.39, 0.29) is 17.7 Å². The zero-order valence-electron chi connectivity index (χ0n) is 15.1. The molecule has 0 radical (unpaired) electrons. The van der Waals surface area contributed by atoms with Crippen LogP contribution in [0.1, 0.15) is 31.4 Å². The summed E-state index contributed by atoms with van der Waals surface area (Å²) in [6.07, 6.45) is 2.37. The van der Waals surface area contributed by atoms with Gasteiger partial charge in [-0.05, 0) is 62.1 Å². The van der Waals surface area contributed by atoms with Gasteiger partial charge in [0.1, 0.15) is 11.4 Å². The third-order valence-corrected chi connectivity index (χ3v) is 6.15. The number of benzene rings is 1. The predicted molar refractivity (Wildman–Crippen MR) is 97.0 cm³/mol. The van der Waals surface area contributed by atoms with Crippen molar-refractivity contribution in [2.75, 3.05) is 20.2 Å². The molecule has 5 atom stereocenters. The van der Waals surface area contributed by atoms with Crippen molar-refractivity contribution in [2.24, 2.45) is 5.92 Å². The molecule has 3 aliphatic heterocycles. The molecular formula is C20H24N2O4. The second-order valence-electron chi connectivity index (χ2n) is 7.47. The Morgan fingerprint density at radius 3 is 2.88 bits per heavy atom. The molecule has 3 saturated heterocycles. The Balaban J connectivity index is 1.68. The molecule has 1 aromatic carbocycles. The van der Waals surface area contributed by atoms with Gasteiger partial charge in [-0.3, -0.25) is 14.7 Å². The molecule has 1 unspecified atom stereocenters.